The number of carbonyl (C=O) groups excluding carboxylic acids is 3. The van der Waals surface area contributed by atoms with E-state index >= 15 is 0 Å². The Balaban J connectivity index is 4.29. The van der Waals surface area contributed by atoms with Gasteiger partial charge in [0.25, 0.3) is 0 Å². The number of unbranched alkanes of at least 4 members (excludes halogenated alkanes) is 40. The third-order valence-corrected chi connectivity index (χ3v) is 14.0. The van der Waals surface area contributed by atoms with Crippen molar-refractivity contribution in [2.45, 2.75) is 349 Å². The Bertz CT molecular complexity index is 1020. The van der Waals surface area contributed by atoms with E-state index in [9.17, 15) is 14.4 Å². The van der Waals surface area contributed by atoms with Crippen molar-refractivity contribution in [1.29, 1.82) is 0 Å². The molecule has 0 aliphatic heterocycles. The van der Waals surface area contributed by atoms with Crippen LogP contribution >= 0.6 is 0 Å². The van der Waals surface area contributed by atoms with Crippen molar-refractivity contribution in [3.8, 4) is 0 Å². The molecule has 0 N–H and O–H groups in total. The van der Waals surface area contributed by atoms with Crippen LogP contribution < -0.4 is 0 Å². The van der Waals surface area contributed by atoms with Gasteiger partial charge in [0.15, 0.2) is 6.10 Å². The molecule has 67 heavy (non-hydrogen) atoms. The molecule has 6 nitrogen and oxygen atoms in total. The Kier molecular flexibility index (Phi) is 52.5. The minimum Gasteiger partial charge on any atom is -0.462 e. The number of esters is 3. The number of ether oxygens (including phenoxy) is 3. The molecule has 0 aliphatic rings. The summed E-state index contributed by atoms with van der Waals surface area (Å²) in [6.07, 6.45) is 58.1. The first-order chi connectivity index (χ1) is 32.7. The number of hydrogen-bond donors (Lipinski definition) is 0. The molecule has 1 atom stereocenters. The SMILES string of the molecule is CCCCCCCCCCCCCCCCCCCCC(=O)OC[C@@H](COC(=O)CCCCCCCCCCCCCC(C)C)OC(=O)CCCCCCCCCCCCCCCCC(C)C. The predicted octanol–water partition coefficient (Wildman–Crippen LogP) is 20.0. The van der Waals surface area contributed by atoms with Crippen molar-refractivity contribution in [3.05, 3.63) is 0 Å². The van der Waals surface area contributed by atoms with Gasteiger partial charge in [-0.05, 0) is 31.1 Å². The van der Waals surface area contributed by atoms with Gasteiger partial charge in [-0.25, -0.2) is 0 Å². The van der Waals surface area contributed by atoms with E-state index in [2.05, 4.69) is 34.6 Å². The second-order valence-electron chi connectivity index (χ2n) is 21.9. The van der Waals surface area contributed by atoms with Gasteiger partial charge in [-0.2, -0.15) is 0 Å². The van der Waals surface area contributed by atoms with Gasteiger partial charge in [0.05, 0.1) is 0 Å². The van der Waals surface area contributed by atoms with Gasteiger partial charge < -0.3 is 14.2 Å². The van der Waals surface area contributed by atoms with E-state index in [4.69, 9.17) is 14.2 Å². The molecule has 0 saturated heterocycles. The monoisotopic (exact) mass is 947 g/mol. The van der Waals surface area contributed by atoms with Crippen molar-refractivity contribution >= 4 is 17.9 Å². The molecule has 0 radical (unpaired) electrons. The van der Waals surface area contributed by atoms with Crippen LogP contribution in [-0.2, 0) is 28.6 Å². The van der Waals surface area contributed by atoms with Crippen molar-refractivity contribution < 1.29 is 28.6 Å². The van der Waals surface area contributed by atoms with Crippen LogP contribution in [0, 0.1) is 11.8 Å². The van der Waals surface area contributed by atoms with E-state index in [0.717, 1.165) is 69.6 Å². The first kappa shape index (κ1) is 65.4. The molecule has 0 aromatic heterocycles. The normalized spacial score (nSPS) is 12.0. The van der Waals surface area contributed by atoms with Crippen molar-refractivity contribution in [2.24, 2.45) is 11.8 Å². The highest BCUT2D eigenvalue weighted by Crippen LogP contribution is 2.18. The van der Waals surface area contributed by atoms with E-state index in [1.165, 1.54) is 231 Å². The highest BCUT2D eigenvalue weighted by Gasteiger charge is 2.19. The molecule has 0 heterocycles. The number of carbonyl (C=O) groups is 3. The van der Waals surface area contributed by atoms with Crippen LogP contribution in [0.4, 0.5) is 0 Å². The average molecular weight is 948 g/mol. The summed E-state index contributed by atoms with van der Waals surface area (Å²) in [6.45, 7) is 11.4. The Morgan fingerprint density at radius 1 is 0.284 bits per heavy atom. The van der Waals surface area contributed by atoms with Crippen LogP contribution in [0.15, 0.2) is 0 Å². The number of rotatable bonds is 55. The highest BCUT2D eigenvalue weighted by atomic mass is 16.6. The predicted molar refractivity (Wildman–Crippen MR) is 289 cm³/mol. The Morgan fingerprint density at radius 2 is 0.493 bits per heavy atom. The molecule has 0 saturated carbocycles. The molecule has 6 heteroatoms. The van der Waals surface area contributed by atoms with Crippen LogP contribution in [0.3, 0.4) is 0 Å². The second-order valence-corrected chi connectivity index (χ2v) is 21.9. The second kappa shape index (κ2) is 53.8. The molecule has 398 valence electrons. The first-order valence-electron chi connectivity index (χ1n) is 30.2. The topological polar surface area (TPSA) is 78.9 Å². The zero-order chi connectivity index (χ0) is 48.9. The summed E-state index contributed by atoms with van der Waals surface area (Å²) >= 11 is 0. The first-order valence-corrected chi connectivity index (χ1v) is 30.2. The van der Waals surface area contributed by atoms with Gasteiger partial charge in [0, 0.05) is 19.3 Å². The summed E-state index contributed by atoms with van der Waals surface area (Å²) in [4.78, 5) is 38.2. The highest BCUT2D eigenvalue weighted by molar-refractivity contribution is 5.71. The maximum atomic E-state index is 12.9. The smallest absolute Gasteiger partial charge is 0.306 e. The van der Waals surface area contributed by atoms with Gasteiger partial charge >= 0.3 is 17.9 Å². The molecule has 0 bridgehead atoms. The number of hydrogen-bond acceptors (Lipinski definition) is 6. The Labute approximate surface area is 418 Å². The molecule has 0 aromatic carbocycles. The van der Waals surface area contributed by atoms with E-state index in [1.807, 2.05) is 0 Å². The average Bonchev–Trinajstić information content (AvgIpc) is 3.30. The summed E-state index contributed by atoms with van der Waals surface area (Å²) in [6, 6.07) is 0. The lowest BCUT2D eigenvalue weighted by atomic mass is 10.0. The molecule has 0 spiro atoms. The van der Waals surface area contributed by atoms with Crippen LogP contribution in [0.1, 0.15) is 343 Å². The Hall–Kier alpha value is -1.59. The molecule has 0 fully saturated rings. The maximum absolute atomic E-state index is 12.9. The third kappa shape index (κ3) is 55.2. The lowest BCUT2D eigenvalue weighted by Gasteiger charge is -2.18. The molecule has 0 amide bonds. The molecule has 0 aliphatic carbocycles. The molecular formula is C61H118O6. The fourth-order valence-corrected chi connectivity index (χ4v) is 9.40. The van der Waals surface area contributed by atoms with Crippen LogP contribution in [-0.4, -0.2) is 37.2 Å². The third-order valence-electron chi connectivity index (χ3n) is 14.0. The molecule has 0 rings (SSSR count). The van der Waals surface area contributed by atoms with Crippen molar-refractivity contribution in [3.63, 3.8) is 0 Å². The fraction of sp³-hybridized carbons (Fsp3) is 0.951. The summed E-state index contributed by atoms with van der Waals surface area (Å²) in [5.74, 6) is 0.834. The summed E-state index contributed by atoms with van der Waals surface area (Å²) in [5, 5.41) is 0. The summed E-state index contributed by atoms with van der Waals surface area (Å²) in [5.41, 5.74) is 0. The summed E-state index contributed by atoms with van der Waals surface area (Å²) < 4.78 is 16.9. The molecular weight excluding hydrogens is 829 g/mol. The van der Waals surface area contributed by atoms with Crippen LogP contribution in [0.2, 0.25) is 0 Å². The van der Waals surface area contributed by atoms with E-state index < -0.39 is 6.10 Å². The van der Waals surface area contributed by atoms with Gasteiger partial charge in [-0.1, -0.05) is 304 Å². The van der Waals surface area contributed by atoms with Crippen molar-refractivity contribution in [1.82, 2.24) is 0 Å². The standard InChI is InChI=1S/C61H118O6/c1-6-7-8-9-10-11-12-13-14-15-16-17-21-26-31-36-41-46-51-59(62)65-54-58(55-66-60(63)52-47-42-37-32-28-23-25-30-35-40-45-50-57(4)5)67-61(64)53-48-43-38-33-27-22-19-18-20-24-29-34-39-44-49-56(2)3/h56-58H,6-55H2,1-5H3/t58-/m0/s1. The zero-order valence-corrected chi connectivity index (χ0v) is 46.0. The van der Waals surface area contributed by atoms with Gasteiger partial charge in [0.2, 0.25) is 0 Å². The van der Waals surface area contributed by atoms with Crippen LogP contribution in [0.5, 0.6) is 0 Å². The minimum atomic E-state index is -0.763. The Morgan fingerprint density at radius 3 is 0.731 bits per heavy atom. The lowest BCUT2D eigenvalue weighted by molar-refractivity contribution is -0.167. The van der Waals surface area contributed by atoms with Crippen molar-refractivity contribution in [2.75, 3.05) is 13.2 Å². The fourth-order valence-electron chi connectivity index (χ4n) is 9.40. The lowest BCUT2D eigenvalue weighted by Crippen LogP contribution is -2.30. The van der Waals surface area contributed by atoms with E-state index in [1.54, 1.807) is 0 Å². The van der Waals surface area contributed by atoms with Gasteiger partial charge in [0.1, 0.15) is 13.2 Å². The largest absolute Gasteiger partial charge is 0.462 e. The van der Waals surface area contributed by atoms with Crippen LogP contribution in [0.25, 0.3) is 0 Å². The maximum Gasteiger partial charge on any atom is 0.306 e. The zero-order valence-electron chi connectivity index (χ0n) is 46.0. The van der Waals surface area contributed by atoms with E-state index in [-0.39, 0.29) is 31.1 Å². The summed E-state index contributed by atoms with van der Waals surface area (Å²) in [7, 11) is 0. The molecule has 0 unspecified atom stereocenters. The minimum absolute atomic E-state index is 0.0624. The van der Waals surface area contributed by atoms with Gasteiger partial charge in [-0.15, -0.1) is 0 Å². The quantitative estimate of drug-likeness (QED) is 0.0343. The van der Waals surface area contributed by atoms with E-state index in [0.29, 0.717) is 19.3 Å². The van der Waals surface area contributed by atoms with Gasteiger partial charge in [-0.3, -0.25) is 14.4 Å². The molecule has 0 aromatic rings.